The molecule has 0 saturated heterocycles. The van der Waals surface area contributed by atoms with Gasteiger partial charge in [-0.25, -0.2) is 5.43 Å². The maximum atomic E-state index is 12.5. The average molecular weight is 390 g/mol. The number of hydrogen-bond acceptors (Lipinski definition) is 5. The molecule has 2 aromatic carbocycles. The first-order valence-corrected chi connectivity index (χ1v) is 8.69. The number of nitrogens with zero attached hydrogens (tertiary/aromatic N) is 1. The molecule has 1 aromatic heterocycles. The van der Waals surface area contributed by atoms with Crippen LogP contribution in [0.25, 0.3) is 0 Å². The predicted molar refractivity (Wildman–Crippen MR) is 109 cm³/mol. The lowest BCUT2D eigenvalue weighted by Crippen LogP contribution is -2.33. The van der Waals surface area contributed by atoms with Crippen molar-refractivity contribution in [2.45, 2.75) is 6.92 Å². The van der Waals surface area contributed by atoms with E-state index in [0.717, 1.165) is 0 Å². The van der Waals surface area contributed by atoms with Crippen molar-refractivity contribution in [2.75, 3.05) is 10.6 Å². The van der Waals surface area contributed by atoms with Crippen LogP contribution in [0.3, 0.4) is 0 Å². The van der Waals surface area contributed by atoms with Gasteiger partial charge in [0.2, 0.25) is 0 Å². The molecule has 0 saturated carbocycles. The second-order valence-corrected chi connectivity index (χ2v) is 5.97. The minimum absolute atomic E-state index is 0.201. The van der Waals surface area contributed by atoms with Gasteiger partial charge >= 0.3 is 11.8 Å². The molecule has 0 aliphatic heterocycles. The van der Waals surface area contributed by atoms with Gasteiger partial charge in [0.25, 0.3) is 5.91 Å². The lowest BCUT2D eigenvalue weighted by atomic mass is 10.1. The Kier molecular flexibility index (Phi) is 6.16. The molecule has 29 heavy (non-hydrogen) atoms. The van der Waals surface area contributed by atoms with Crippen molar-refractivity contribution >= 4 is 35.3 Å². The van der Waals surface area contributed by atoms with E-state index in [-0.39, 0.29) is 11.3 Å². The molecule has 0 atom stereocenters. The molecular formula is C21H18N4O4. The Balaban J connectivity index is 1.63. The number of benzene rings is 2. The maximum Gasteiger partial charge on any atom is 0.329 e. The molecule has 0 radical (unpaired) electrons. The number of carbonyl (C=O) groups is 3. The molecular weight excluding hydrogens is 372 g/mol. The van der Waals surface area contributed by atoms with Crippen molar-refractivity contribution in [3.8, 4) is 0 Å². The SMILES string of the molecule is Cc1ccc(/C=N/NC(=O)C(=O)Nc2ccccc2C(=O)Nc2ccccc2)o1. The fourth-order valence-electron chi connectivity index (χ4n) is 2.42. The predicted octanol–water partition coefficient (Wildman–Crippen LogP) is 2.93. The lowest BCUT2D eigenvalue weighted by molar-refractivity contribution is -0.136. The van der Waals surface area contributed by atoms with Crippen molar-refractivity contribution < 1.29 is 18.8 Å². The second-order valence-electron chi connectivity index (χ2n) is 5.97. The summed E-state index contributed by atoms with van der Waals surface area (Å²) in [6.07, 6.45) is 1.28. The van der Waals surface area contributed by atoms with Crippen molar-refractivity contribution in [1.29, 1.82) is 0 Å². The number of hydrazone groups is 1. The van der Waals surface area contributed by atoms with Gasteiger partial charge in [0.1, 0.15) is 11.5 Å². The number of amides is 3. The summed E-state index contributed by atoms with van der Waals surface area (Å²) in [5, 5.41) is 8.82. The van der Waals surface area contributed by atoms with E-state index in [1.165, 1.54) is 12.3 Å². The Morgan fingerprint density at radius 2 is 1.59 bits per heavy atom. The van der Waals surface area contributed by atoms with E-state index < -0.39 is 17.7 Å². The topological polar surface area (TPSA) is 113 Å². The van der Waals surface area contributed by atoms with Crippen molar-refractivity contribution in [1.82, 2.24) is 5.43 Å². The van der Waals surface area contributed by atoms with Crippen molar-refractivity contribution in [3.05, 3.63) is 83.8 Å². The van der Waals surface area contributed by atoms with E-state index in [1.54, 1.807) is 61.5 Å². The van der Waals surface area contributed by atoms with Crippen molar-refractivity contribution in [2.24, 2.45) is 5.10 Å². The average Bonchev–Trinajstić information content (AvgIpc) is 3.14. The van der Waals surface area contributed by atoms with Gasteiger partial charge in [0, 0.05) is 5.69 Å². The van der Waals surface area contributed by atoms with Gasteiger partial charge in [-0.3, -0.25) is 14.4 Å². The van der Waals surface area contributed by atoms with Crippen LogP contribution in [-0.2, 0) is 9.59 Å². The highest BCUT2D eigenvalue weighted by Crippen LogP contribution is 2.17. The molecule has 3 amide bonds. The van der Waals surface area contributed by atoms with E-state index in [2.05, 4.69) is 21.2 Å². The highest BCUT2D eigenvalue weighted by atomic mass is 16.3. The molecule has 0 aliphatic carbocycles. The maximum absolute atomic E-state index is 12.5. The molecule has 146 valence electrons. The van der Waals surface area contributed by atoms with E-state index in [0.29, 0.717) is 17.2 Å². The fourth-order valence-corrected chi connectivity index (χ4v) is 2.42. The number of rotatable bonds is 5. The first-order chi connectivity index (χ1) is 14.0. The summed E-state index contributed by atoms with van der Waals surface area (Å²) in [4.78, 5) is 36.6. The molecule has 3 N–H and O–H groups in total. The monoisotopic (exact) mass is 390 g/mol. The van der Waals surface area contributed by atoms with Crippen molar-refractivity contribution in [3.63, 3.8) is 0 Å². The van der Waals surface area contributed by atoms with Crippen LogP contribution in [0.2, 0.25) is 0 Å². The Labute approximate surface area is 166 Å². The third-order valence-corrected chi connectivity index (χ3v) is 3.78. The van der Waals surface area contributed by atoms with Gasteiger partial charge in [-0.2, -0.15) is 5.10 Å². The van der Waals surface area contributed by atoms with Crippen LogP contribution in [0.4, 0.5) is 11.4 Å². The molecule has 3 rings (SSSR count). The largest absolute Gasteiger partial charge is 0.460 e. The Morgan fingerprint density at radius 1 is 0.862 bits per heavy atom. The number of anilines is 2. The van der Waals surface area contributed by atoms with E-state index in [9.17, 15) is 14.4 Å². The van der Waals surface area contributed by atoms with Crippen LogP contribution in [-0.4, -0.2) is 23.9 Å². The zero-order valence-corrected chi connectivity index (χ0v) is 15.5. The van der Waals surface area contributed by atoms with Gasteiger partial charge in [-0.1, -0.05) is 30.3 Å². The molecule has 3 aromatic rings. The van der Waals surface area contributed by atoms with E-state index in [4.69, 9.17) is 4.42 Å². The molecule has 0 bridgehead atoms. The molecule has 0 aliphatic rings. The van der Waals surface area contributed by atoms with Gasteiger partial charge in [0.15, 0.2) is 0 Å². The zero-order valence-electron chi connectivity index (χ0n) is 15.5. The molecule has 1 heterocycles. The standard InChI is InChI=1S/C21H18N4O4/c1-14-11-12-16(29-14)13-22-25-21(28)20(27)24-18-10-6-5-9-17(18)19(26)23-15-7-3-2-4-8-15/h2-13H,1H3,(H,23,26)(H,24,27)(H,25,28)/b22-13+. The third-order valence-electron chi connectivity index (χ3n) is 3.78. The highest BCUT2D eigenvalue weighted by Gasteiger charge is 2.17. The van der Waals surface area contributed by atoms with Gasteiger partial charge in [-0.05, 0) is 43.3 Å². The summed E-state index contributed by atoms with van der Waals surface area (Å²) in [6, 6.07) is 18.7. The van der Waals surface area contributed by atoms with Gasteiger partial charge in [0.05, 0.1) is 17.5 Å². The summed E-state index contributed by atoms with van der Waals surface area (Å²) in [6.45, 7) is 1.77. The smallest absolute Gasteiger partial charge is 0.329 e. The Hall–Kier alpha value is -4.20. The van der Waals surface area contributed by atoms with E-state index in [1.807, 2.05) is 6.07 Å². The quantitative estimate of drug-likeness (QED) is 0.353. The number of aryl methyl sites for hydroxylation is 1. The summed E-state index contributed by atoms with van der Waals surface area (Å²) in [5.41, 5.74) is 3.13. The third kappa shape index (κ3) is 5.39. The zero-order chi connectivity index (χ0) is 20.6. The van der Waals surface area contributed by atoms with Gasteiger partial charge in [-0.15, -0.1) is 0 Å². The fraction of sp³-hybridized carbons (Fsp3) is 0.0476. The summed E-state index contributed by atoms with van der Waals surface area (Å²) >= 11 is 0. The van der Waals surface area contributed by atoms with Crippen LogP contribution in [0.1, 0.15) is 21.9 Å². The number of hydrogen-bond donors (Lipinski definition) is 3. The van der Waals surface area contributed by atoms with Crippen LogP contribution < -0.4 is 16.1 Å². The molecule has 0 unspecified atom stereocenters. The number of nitrogens with one attached hydrogen (secondary N) is 3. The van der Waals surface area contributed by atoms with E-state index >= 15 is 0 Å². The lowest BCUT2D eigenvalue weighted by Gasteiger charge is -2.11. The van der Waals surface area contributed by atoms with Gasteiger partial charge < -0.3 is 15.1 Å². The summed E-state index contributed by atoms with van der Waals surface area (Å²) in [7, 11) is 0. The Morgan fingerprint density at radius 3 is 2.31 bits per heavy atom. The Bertz CT molecular complexity index is 1060. The van der Waals surface area contributed by atoms with Crippen LogP contribution in [0.5, 0.6) is 0 Å². The summed E-state index contributed by atoms with van der Waals surface area (Å²) in [5.74, 6) is -1.23. The molecule has 0 fully saturated rings. The highest BCUT2D eigenvalue weighted by molar-refractivity contribution is 6.40. The first kappa shape index (κ1) is 19.6. The van der Waals surface area contributed by atoms with Crippen LogP contribution >= 0.6 is 0 Å². The molecule has 8 nitrogen and oxygen atoms in total. The normalized spacial score (nSPS) is 10.5. The summed E-state index contributed by atoms with van der Waals surface area (Å²) < 4.78 is 5.27. The molecule has 8 heteroatoms. The van der Waals surface area contributed by atoms with Crippen LogP contribution in [0.15, 0.2) is 76.2 Å². The second kappa shape index (κ2) is 9.14. The minimum Gasteiger partial charge on any atom is -0.460 e. The number of para-hydroxylation sites is 2. The number of furan rings is 1. The minimum atomic E-state index is -0.984. The number of carbonyl (C=O) groups excluding carboxylic acids is 3. The molecule has 0 spiro atoms. The first-order valence-electron chi connectivity index (χ1n) is 8.69. The van der Waals surface area contributed by atoms with Crippen LogP contribution in [0, 0.1) is 6.92 Å².